The second-order valence-electron chi connectivity index (χ2n) is 4.65. The van der Waals surface area contributed by atoms with Gasteiger partial charge >= 0.3 is 0 Å². The minimum atomic E-state index is -0.167. The zero-order valence-corrected chi connectivity index (χ0v) is 12.4. The van der Waals surface area contributed by atoms with Gasteiger partial charge in [0.15, 0.2) is 5.78 Å². The van der Waals surface area contributed by atoms with Gasteiger partial charge in [-0.3, -0.25) is 4.79 Å². The third kappa shape index (κ3) is 2.49. The molecule has 0 aromatic heterocycles. The van der Waals surface area contributed by atoms with Crippen LogP contribution in [0.2, 0.25) is 5.02 Å². The first-order valence-corrected chi connectivity index (χ1v) is 6.57. The predicted octanol–water partition coefficient (Wildman–Crippen LogP) is 3.78. The van der Waals surface area contributed by atoms with Gasteiger partial charge in [-0.05, 0) is 49.2 Å². The Labute approximate surface area is 123 Å². The molecule has 2 N–H and O–H groups in total. The first-order valence-electron chi connectivity index (χ1n) is 6.19. The van der Waals surface area contributed by atoms with E-state index in [0.717, 1.165) is 11.1 Å². The molecule has 0 fully saturated rings. The standard InChI is InChI=1S/C16H16ClNO2/c1-9-4-6-13(16(20-3)10(9)2)15(19)12-7-5-11(17)8-14(12)18/h4-8H,18H2,1-3H3. The van der Waals surface area contributed by atoms with Crippen molar-refractivity contribution >= 4 is 23.1 Å². The van der Waals surface area contributed by atoms with Crippen LogP contribution >= 0.6 is 11.6 Å². The SMILES string of the molecule is COc1c(C(=O)c2ccc(Cl)cc2N)ccc(C)c1C. The molecule has 20 heavy (non-hydrogen) atoms. The van der Waals surface area contributed by atoms with Crippen LogP contribution in [0.15, 0.2) is 30.3 Å². The fraction of sp³-hybridized carbons (Fsp3) is 0.188. The molecule has 0 aliphatic rings. The largest absolute Gasteiger partial charge is 0.496 e. The van der Waals surface area contributed by atoms with Crippen LogP contribution in [0.1, 0.15) is 27.0 Å². The van der Waals surface area contributed by atoms with Crippen molar-refractivity contribution in [3.63, 3.8) is 0 Å². The Bertz CT molecular complexity index is 680. The van der Waals surface area contributed by atoms with E-state index in [1.165, 1.54) is 0 Å². The van der Waals surface area contributed by atoms with Gasteiger partial charge in [-0.1, -0.05) is 17.7 Å². The molecular formula is C16H16ClNO2. The molecule has 0 heterocycles. The van der Waals surface area contributed by atoms with Gasteiger partial charge in [0.05, 0.1) is 12.7 Å². The molecule has 104 valence electrons. The molecular weight excluding hydrogens is 274 g/mol. The zero-order valence-electron chi connectivity index (χ0n) is 11.7. The number of benzene rings is 2. The van der Waals surface area contributed by atoms with E-state index in [1.807, 2.05) is 19.9 Å². The van der Waals surface area contributed by atoms with Crippen molar-refractivity contribution in [3.8, 4) is 5.75 Å². The summed E-state index contributed by atoms with van der Waals surface area (Å²) in [7, 11) is 1.56. The molecule has 2 aromatic carbocycles. The molecule has 2 aromatic rings. The van der Waals surface area contributed by atoms with Crippen molar-refractivity contribution in [1.82, 2.24) is 0 Å². The van der Waals surface area contributed by atoms with Crippen LogP contribution in [-0.4, -0.2) is 12.9 Å². The average molecular weight is 290 g/mol. The summed E-state index contributed by atoms with van der Waals surface area (Å²) < 4.78 is 5.38. The number of carbonyl (C=O) groups excluding carboxylic acids is 1. The van der Waals surface area contributed by atoms with E-state index >= 15 is 0 Å². The Morgan fingerprint density at radius 3 is 2.40 bits per heavy atom. The van der Waals surface area contributed by atoms with E-state index in [0.29, 0.717) is 27.6 Å². The minimum Gasteiger partial charge on any atom is -0.496 e. The van der Waals surface area contributed by atoms with Crippen LogP contribution in [0, 0.1) is 13.8 Å². The molecule has 2 rings (SSSR count). The van der Waals surface area contributed by atoms with E-state index in [-0.39, 0.29) is 5.78 Å². The van der Waals surface area contributed by atoms with Crippen molar-refractivity contribution in [3.05, 3.63) is 57.6 Å². The predicted molar refractivity (Wildman–Crippen MR) is 81.8 cm³/mol. The van der Waals surface area contributed by atoms with Crippen LogP contribution in [-0.2, 0) is 0 Å². The number of hydrogen-bond acceptors (Lipinski definition) is 3. The summed E-state index contributed by atoms with van der Waals surface area (Å²) in [5.41, 5.74) is 9.19. The fourth-order valence-corrected chi connectivity index (χ4v) is 2.30. The lowest BCUT2D eigenvalue weighted by Gasteiger charge is -2.13. The Morgan fingerprint density at radius 2 is 1.80 bits per heavy atom. The summed E-state index contributed by atoms with van der Waals surface area (Å²) in [6, 6.07) is 8.52. The summed E-state index contributed by atoms with van der Waals surface area (Å²) in [6.07, 6.45) is 0. The van der Waals surface area contributed by atoms with Crippen LogP contribution in [0.25, 0.3) is 0 Å². The number of anilines is 1. The Kier molecular flexibility index (Phi) is 4.00. The molecule has 0 atom stereocenters. The summed E-state index contributed by atoms with van der Waals surface area (Å²) >= 11 is 5.86. The molecule has 3 nitrogen and oxygen atoms in total. The maximum absolute atomic E-state index is 12.6. The topological polar surface area (TPSA) is 52.3 Å². The third-order valence-electron chi connectivity index (χ3n) is 3.38. The molecule has 0 unspecified atom stereocenters. The Hall–Kier alpha value is -2.00. The van der Waals surface area contributed by atoms with E-state index in [4.69, 9.17) is 22.1 Å². The van der Waals surface area contributed by atoms with Gasteiger partial charge in [0.25, 0.3) is 0 Å². The smallest absolute Gasteiger partial charge is 0.198 e. The number of rotatable bonds is 3. The highest BCUT2D eigenvalue weighted by Gasteiger charge is 2.19. The minimum absolute atomic E-state index is 0.167. The number of carbonyl (C=O) groups is 1. The van der Waals surface area contributed by atoms with Crippen molar-refractivity contribution in [2.45, 2.75) is 13.8 Å². The van der Waals surface area contributed by atoms with Gasteiger partial charge in [-0.25, -0.2) is 0 Å². The van der Waals surface area contributed by atoms with E-state index in [2.05, 4.69) is 0 Å². The van der Waals surface area contributed by atoms with Gasteiger partial charge in [-0.2, -0.15) is 0 Å². The molecule has 0 amide bonds. The molecule has 0 bridgehead atoms. The van der Waals surface area contributed by atoms with Gasteiger partial charge in [0.1, 0.15) is 5.75 Å². The molecule has 4 heteroatoms. The first kappa shape index (κ1) is 14.4. The molecule has 0 saturated carbocycles. The van der Waals surface area contributed by atoms with Crippen LogP contribution < -0.4 is 10.5 Å². The highest BCUT2D eigenvalue weighted by Crippen LogP contribution is 2.30. The fourth-order valence-electron chi connectivity index (χ4n) is 2.12. The summed E-state index contributed by atoms with van der Waals surface area (Å²) in [5, 5.41) is 0.506. The number of ether oxygens (including phenoxy) is 1. The average Bonchev–Trinajstić information content (AvgIpc) is 2.41. The number of nitrogens with two attached hydrogens (primary N) is 1. The van der Waals surface area contributed by atoms with Crippen molar-refractivity contribution in [1.29, 1.82) is 0 Å². The van der Waals surface area contributed by atoms with Gasteiger partial charge < -0.3 is 10.5 Å². The van der Waals surface area contributed by atoms with Gasteiger partial charge in [0, 0.05) is 16.3 Å². The monoisotopic (exact) mass is 289 g/mol. The van der Waals surface area contributed by atoms with Crippen LogP contribution in [0.4, 0.5) is 5.69 Å². The van der Waals surface area contributed by atoms with Crippen molar-refractivity contribution in [2.24, 2.45) is 0 Å². The maximum Gasteiger partial charge on any atom is 0.198 e. The van der Waals surface area contributed by atoms with Gasteiger partial charge in [-0.15, -0.1) is 0 Å². The summed E-state index contributed by atoms with van der Waals surface area (Å²) in [6.45, 7) is 3.90. The van der Waals surface area contributed by atoms with Crippen molar-refractivity contribution < 1.29 is 9.53 Å². The second kappa shape index (κ2) is 5.55. The van der Waals surface area contributed by atoms with Gasteiger partial charge in [0.2, 0.25) is 0 Å². The second-order valence-corrected chi connectivity index (χ2v) is 5.09. The molecule has 0 saturated heterocycles. The third-order valence-corrected chi connectivity index (χ3v) is 3.62. The number of nitrogen functional groups attached to an aromatic ring is 1. The van der Waals surface area contributed by atoms with E-state index < -0.39 is 0 Å². The summed E-state index contributed by atoms with van der Waals surface area (Å²) in [5.74, 6) is 0.420. The number of hydrogen-bond donors (Lipinski definition) is 1. The lowest BCUT2D eigenvalue weighted by Crippen LogP contribution is -2.08. The number of ketones is 1. The lowest BCUT2D eigenvalue weighted by molar-refractivity contribution is 0.103. The van der Waals surface area contributed by atoms with Crippen LogP contribution in [0.5, 0.6) is 5.75 Å². The normalized spacial score (nSPS) is 10.4. The van der Waals surface area contributed by atoms with Crippen molar-refractivity contribution in [2.75, 3.05) is 12.8 Å². The lowest BCUT2D eigenvalue weighted by atomic mass is 9.97. The van der Waals surface area contributed by atoms with Crippen LogP contribution in [0.3, 0.4) is 0 Å². The molecule has 0 aliphatic carbocycles. The maximum atomic E-state index is 12.6. The highest BCUT2D eigenvalue weighted by atomic mass is 35.5. The zero-order chi connectivity index (χ0) is 14.9. The van der Waals surface area contributed by atoms with E-state index in [1.54, 1.807) is 31.4 Å². The summed E-state index contributed by atoms with van der Waals surface area (Å²) in [4.78, 5) is 12.6. The first-order chi connectivity index (χ1) is 9.45. The number of methoxy groups -OCH3 is 1. The van der Waals surface area contributed by atoms with E-state index in [9.17, 15) is 4.79 Å². The number of aryl methyl sites for hydroxylation is 1. The quantitative estimate of drug-likeness (QED) is 0.691. The molecule has 0 aliphatic heterocycles. The highest BCUT2D eigenvalue weighted by molar-refractivity contribution is 6.31. The Morgan fingerprint density at radius 1 is 1.15 bits per heavy atom. The Balaban J connectivity index is 2.56. The number of halogens is 1. The molecule has 0 spiro atoms. The molecule has 0 radical (unpaired) electrons.